The number of methoxy groups -OCH3 is 1. The van der Waals surface area contributed by atoms with Crippen LogP contribution in [0.3, 0.4) is 0 Å². The molecule has 0 aliphatic carbocycles. The van der Waals surface area contributed by atoms with Gasteiger partial charge in [0.15, 0.2) is 17.5 Å². The molecule has 2 N–H and O–H groups in total. The van der Waals surface area contributed by atoms with Crippen LogP contribution in [0.25, 0.3) is 0 Å². The molecule has 0 saturated heterocycles. The second kappa shape index (κ2) is 14.4. The van der Waals surface area contributed by atoms with Crippen LogP contribution in [-0.4, -0.2) is 56.7 Å². The lowest BCUT2D eigenvalue weighted by Gasteiger charge is -2.18. The number of carbonyl (C=O) groups is 1. The van der Waals surface area contributed by atoms with Gasteiger partial charge in [0.2, 0.25) is 5.91 Å². The van der Waals surface area contributed by atoms with E-state index in [0.717, 1.165) is 25.3 Å². The Bertz CT molecular complexity index is 592. The zero-order valence-corrected chi connectivity index (χ0v) is 19.3. The largest absolute Gasteiger partial charge is 0.493 e. The average molecular weight is 492 g/mol. The summed E-state index contributed by atoms with van der Waals surface area (Å²) in [7, 11) is 1.61. The van der Waals surface area contributed by atoms with Crippen molar-refractivity contribution in [1.29, 1.82) is 0 Å². The van der Waals surface area contributed by atoms with Crippen molar-refractivity contribution in [3.05, 3.63) is 18.2 Å². The van der Waals surface area contributed by atoms with E-state index in [0.29, 0.717) is 37.0 Å². The Kier molecular flexibility index (Phi) is 13.5. The molecule has 0 aromatic heterocycles. The van der Waals surface area contributed by atoms with Crippen molar-refractivity contribution in [1.82, 2.24) is 10.2 Å². The molecule has 0 bridgehead atoms. The standard InChI is InChI=1S/C19H32N4O3.HI/c1-6-20-19(21-13-12-18(24)23(7-2)8-3)22-15-10-11-16(25-5)17(14-15)26-9-4;/h10-11,14H,6-9,12-13H2,1-5H3,(H2,20,21,22);1H. The molecule has 0 spiro atoms. The summed E-state index contributed by atoms with van der Waals surface area (Å²) in [6, 6.07) is 5.62. The second-order valence-electron chi connectivity index (χ2n) is 5.50. The Morgan fingerprint density at radius 2 is 1.85 bits per heavy atom. The van der Waals surface area contributed by atoms with Crippen LogP contribution in [0.1, 0.15) is 34.1 Å². The Hall–Kier alpha value is -1.71. The molecule has 0 aliphatic heterocycles. The van der Waals surface area contributed by atoms with Gasteiger partial charge >= 0.3 is 0 Å². The number of nitrogens with zero attached hydrogens (tertiary/aromatic N) is 2. The van der Waals surface area contributed by atoms with Crippen molar-refractivity contribution < 1.29 is 14.3 Å². The summed E-state index contributed by atoms with van der Waals surface area (Å²) in [4.78, 5) is 18.4. The molecule has 1 aromatic rings. The van der Waals surface area contributed by atoms with Crippen LogP contribution in [0.15, 0.2) is 23.2 Å². The maximum Gasteiger partial charge on any atom is 0.224 e. The Labute approximate surface area is 179 Å². The van der Waals surface area contributed by atoms with Crippen LogP contribution >= 0.6 is 24.0 Å². The van der Waals surface area contributed by atoms with Crippen LogP contribution in [-0.2, 0) is 4.79 Å². The molecule has 1 aromatic carbocycles. The van der Waals surface area contributed by atoms with Crippen molar-refractivity contribution in [2.45, 2.75) is 34.1 Å². The first kappa shape index (κ1) is 25.3. The summed E-state index contributed by atoms with van der Waals surface area (Å²) in [6.07, 6.45) is 0.394. The number of hydrogen-bond acceptors (Lipinski definition) is 4. The van der Waals surface area contributed by atoms with Crippen molar-refractivity contribution >= 4 is 41.5 Å². The minimum atomic E-state index is 0. The molecular formula is C19H33IN4O3. The highest BCUT2D eigenvalue weighted by molar-refractivity contribution is 14.0. The summed E-state index contributed by atoms with van der Waals surface area (Å²) < 4.78 is 10.9. The van der Waals surface area contributed by atoms with E-state index in [9.17, 15) is 4.79 Å². The van der Waals surface area contributed by atoms with E-state index in [4.69, 9.17) is 9.47 Å². The number of aliphatic imine (C=N–C) groups is 1. The van der Waals surface area contributed by atoms with Gasteiger partial charge < -0.3 is 25.0 Å². The predicted molar refractivity (Wildman–Crippen MR) is 122 cm³/mol. The lowest BCUT2D eigenvalue weighted by molar-refractivity contribution is -0.130. The van der Waals surface area contributed by atoms with Gasteiger partial charge in [0.05, 0.1) is 20.3 Å². The van der Waals surface area contributed by atoms with Gasteiger partial charge in [0, 0.05) is 37.8 Å². The smallest absolute Gasteiger partial charge is 0.224 e. The number of hydrogen-bond donors (Lipinski definition) is 2. The molecular weight excluding hydrogens is 459 g/mol. The quantitative estimate of drug-likeness (QED) is 0.298. The Morgan fingerprint density at radius 3 is 2.41 bits per heavy atom. The normalized spacial score (nSPS) is 10.6. The van der Waals surface area contributed by atoms with E-state index in [1.165, 1.54) is 0 Å². The number of ether oxygens (including phenoxy) is 2. The van der Waals surface area contributed by atoms with Gasteiger partial charge in [0.25, 0.3) is 0 Å². The third kappa shape index (κ3) is 8.68. The topological polar surface area (TPSA) is 75.2 Å². The monoisotopic (exact) mass is 492 g/mol. The molecule has 1 rings (SSSR count). The first-order chi connectivity index (χ1) is 12.6. The lowest BCUT2D eigenvalue weighted by Crippen LogP contribution is -2.32. The number of anilines is 1. The molecule has 0 aliphatic rings. The van der Waals surface area contributed by atoms with Gasteiger partial charge in [-0.25, -0.2) is 0 Å². The van der Waals surface area contributed by atoms with Crippen molar-refractivity contribution in [3.8, 4) is 11.5 Å². The minimum absolute atomic E-state index is 0. The van der Waals surface area contributed by atoms with Crippen LogP contribution in [0.2, 0.25) is 0 Å². The maximum atomic E-state index is 12.1. The zero-order valence-electron chi connectivity index (χ0n) is 17.0. The van der Waals surface area contributed by atoms with Crippen LogP contribution in [0.5, 0.6) is 11.5 Å². The highest BCUT2D eigenvalue weighted by Gasteiger charge is 2.10. The van der Waals surface area contributed by atoms with Gasteiger partial charge in [-0.05, 0) is 39.8 Å². The summed E-state index contributed by atoms with van der Waals surface area (Å²) in [5, 5.41) is 6.42. The SMILES string of the molecule is CCNC(=NCCC(=O)N(CC)CC)Nc1ccc(OC)c(OCC)c1.I. The van der Waals surface area contributed by atoms with Crippen molar-refractivity contribution in [2.24, 2.45) is 4.99 Å². The third-order valence-electron chi connectivity index (χ3n) is 3.78. The van der Waals surface area contributed by atoms with E-state index < -0.39 is 0 Å². The fourth-order valence-corrected chi connectivity index (χ4v) is 2.46. The van der Waals surface area contributed by atoms with Crippen molar-refractivity contribution in [2.75, 3.05) is 45.2 Å². The number of nitrogens with one attached hydrogen (secondary N) is 2. The molecule has 0 saturated carbocycles. The van der Waals surface area contributed by atoms with Gasteiger partial charge in [-0.1, -0.05) is 0 Å². The number of carbonyl (C=O) groups excluding carboxylic acids is 1. The van der Waals surface area contributed by atoms with Gasteiger partial charge in [0.1, 0.15) is 0 Å². The fraction of sp³-hybridized carbons (Fsp3) is 0.579. The van der Waals surface area contributed by atoms with E-state index in [2.05, 4.69) is 15.6 Å². The highest BCUT2D eigenvalue weighted by atomic mass is 127. The molecule has 154 valence electrons. The molecule has 0 fully saturated rings. The summed E-state index contributed by atoms with van der Waals surface area (Å²) in [5.41, 5.74) is 0.837. The number of rotatable bonds is 10. The average Bonchev–Trinajstić information content (AvgIpc) is 2.63. The first-order valence-corrected chi connectivity index (χ1v) is 9.23. The van der Waals surface area contributed by atoms with Crippen molar-refractivity contribution in [3.63, 3.8) is 0 Å². The molecule has 0 radical (unpaired) electrons. The second-order valence-corrected chi connectivity index (χ2v) is 5.50. The van der Waals surface area contributed by atoms with Crippen LogP contribution in [0.4, 0.5) is 5.69 Å². The maximum absolute atomic E-state index is 12.1. The minimum Gasteiger partial charge on any atom is -0.493 e. The summed E-state index contributed by atoms with van der Waals surface area (Å²) in [6.45, 7) is 11.1. The summed E-state index contributed by atoms with van der Waals surface area (Å²) >= 11 is 0. The molecule has 1 amide bonds. The number of halogens is 1. The predicted octanol–water partition coefficient (Wildman–Crippen LogP) is 3.35. The van der Waals surface area contributed by atoms with Crippen LogP contribution < -0.4 is 20.1 Å². The number of benzene rings is 1. The van der Waals surface area contributed by atoms with E-state index in [1.807, 2.05) is 50.8 Å². The van der Waals surface area contributed by atoms with E-state index in [-0.39, 0.29) is 29.9 Å². The van der Waals surface area contributed by atoms with Crippen LogP contribution in [0, 0.1) is 0 Å². The molecule has 0 heterocycles. The van der Waals surface area contributed by atoms with Gasteiger partial charge in [-0.15, -0.1) is 24.0 Å². The first-order valence-electron chi connectivity index (χ1n) is 9.23. The number of guanidine groups is 1. The third-order valence-corrected chi connectivity index (χ3v) is 3.78. The molecule has 0 unspecified atom stereocenters. The molecule has 8 heteroatoms. The highest BCUT2D eigenvalue weighted by Crippen LogP contribution is 2.30. The molecule has 0 atom stereocenters. The fourth-order valence-electron chi connectivity index (χ4n) is 2.46. The Morgan fingerprint density at radius 1 is 1.15 bits per heavy atom. The lowest BCUT2D eigenvalue weighted by atomic mass is 10.2. The van der Waals surface area contributed by atoms with Gasteiger partial charge in [-0.2, -0.15) is 0 Å². The Balaban J connectivity index is 0.00000676. The summed E-state index contributed by atoms with van der Waals surface area (Å²) in [5.74, 6) is 2.11. The van der Waals surface area contributed by atoms with Gasteiger partial charge in [-0.3, -0.25) is 9.79 Å². The molecule has 7 nitrogen and oxygen atoms in total. The zero-order chi connectivity index (χ0) is 19.4. The molecule has 27 heavy (non-hydrogen) atoms. The number of amides is 1. The van der Waals surface area contributed by atoms with E-state index >= 15 is 0 Å². The van der Waals surface area contributed by atoms with E-state index in [1.54, 1.807) is 7.11 Å².